The van der Waals surface area contributed by atoms with Crippen molar-refractivity contribution < 1.29 is 83.9 Å². The van der Waals surface area contributed by atoms with Gasteiger partial charge >= 0.3 is 0 Å². The van der Waals surface area contributed by atoms with E-state index in [1.54, 1.807) is 0 Å². The van der Waals surface area contributed by atoms with Gasteiger partial charge in [-0.25, -0.2) is 0 Å². The minimum Gasteiger partial charge on any atom is -0.394 e. The number of rotatable bonds is 9. The normalized spacial score (nSPS) is 55.0. The quantitative estimate of drug-likeness (QED) is 0.115. The van der Waals surface area contributed by atoms with E-state index in [0.29, 0.717) is 19.3 Å². The van der Waals surface area contributed by atoms with Crippen LogP contribution in [-0.4, -0.2) is 175 Å². The second-order valence-electron chi connectivity index (χ2n) is 22.5. The number of aliphatic hydroxyl groups is 9. The molecule has 8 fully saturated rings. The van der Waals surface area contributed by atoms with Gasteiger partial charge in [-0.1, -0.05) is 46.3 Å². The molecule has 4 saturated carbocycles. The van der Waals surface area contributed by atoms with Gasteiger partial charge in [-0.3, -0.25) is 4.79 Å². The summed E-state index contributed by atoms with van der Waals surface area (Å²) in [7, 11) is 0. The molecule has 0 amide bonds. The van der Waals surface area contributed by atoms with Crippen LogP contribution in [0.3, 0.4) is 0 Å². The predicted octanol–water partition coefficient (Wildman–Crippen LogP) is 0.837. The van der Waals surface area contributed by atoms with Gasteiger partial charge in [0.25, 0.3) is 0 Å². The summed E-state index contributed by atoms with van der Waals surface area (Å²) in [6.45, 7) is 16.1. The smallest absolute Gasteiger partial charge is 0.187 e. The van der Waals surface area contributed by atoms with Crippen LogP contribution in [0.5, 0.6) is 0 Å². The van der Waals surface area contributed by atoms with Crippen molar-refractivity contribution in [3.63, 3.8) is 0 Å². The molecule has 4 aliphatic carbocycles. The van der Waals surface area contributed by atoms with Crippen LogP contribution in [0.4, 0.5) is 0 Å². The molecule has 0 aromatic rings. The van der Waals surface area contributed by atoms with E-state index in [4.69, 9.17) is 33.2 Å². The molecule has 0 radical (unpaired) electrons. The highest BCUT2D eigenvalue weighted by Crippen LogP contribution is 2.75. The van der Waals surface area contributed by atoms with Crippen molar-refractivity contribution in [3.05, 3.63) is 11.6 Å². The first-order valence-corrected chi connectivity index (χ1v) is 23.7. The van der Waals surface area contributed by atoms with Gasteiger partial charge in [0, 0.05) is 24.7 Å². The number of hydrogen-bond donors (Lipinski definition) is 9. The summed E-state index contributed by atoms with van der Waals surface area (Å²) in [5.74, 6) is 0.00657. The van der Waals surface area contributed by atoms with Gasteiger partial charge in [-0.2, -0.15) is 0 Å². The van der Waals surface area contributed by atoms with Gasteiger partial charge in [0.1, 0.15) is 66.8 Å². The Morgan fingerprint density at radius 1 is 0.734 bits per heavy atom. The molecule has 17 heteroatoms. The molecule has 0 spiro atoms. The fraction of sp³-hybridized carbons (Fsp3) is 0.936. The van der Waals surface area contributed by atoms with E-state index in [9.17, 15) is 50.8 Å². The van der Waals surface area contributed by atoms with E-state index in [2.05, 4.69) is 40.7 Å². The molecule has 366 valence electrons. The van der Waals surface area contributed by atoms with E-state index in [0.717, 1.165) is 37.7 Å². The minimum absolute atomic E-state index is 0.0848. The molecule has 8 rings (SSSR count). The second-order valence-corrected chi connectivity index (χ2v) is 22.5. The Balaban J connectivity index is 1.04. The predicted molar refractivity (Wildman–Crippen MR) is 225 cm³/mol. The highest BCUT2D eigenvalue weighted by molar-refractivity contribution is 5.84. The van der Waals surface area contributed by atoms with E-state index in [1.165, 1.54) is 6.92 Å². The molecule has 0 aromatic carbocycles. The third-order valence-corrected chi connectivity index (χ3v) is 18.4. The number of Topliss-reactive ketones (excluding diaryl/α,β-unsaturated/α-hetero) is 1. The highest BCUT2D eigenvalue weighted by Gasteiger charge is 2.72. The topological polar surface area (TPSA) is 264 Å². The maximum atomic E-state index is 14.8. The van der Waals surface area contributed by atoms with Crippen molar-refractivity contribution in [1.29, 1.82) is 0 Å². The summed E-state index contributed by atoms with van der Waals surface area (Å²) < 4.78 is 43.1. The number of aliphatic hydroxyl groups excluding tert-OH is 8. The average Bonchev–Trinajstić information content (AvgIpc) is 3.81. The van der Waals surface area contributed by atoms with Crippen molar-refractivity contribution >= 4 is 5.78 Å². The Bertz CT molecular complexity index is 1720. The zero-order chi connectivity index (χ0) is 46.6. The fourth-order valence-electron chi connectivity index (χ4n) is 14.7. The maximum absolute atomic E-state index is 14.8. The Morgan fingerprint density at radius 2 is 1.38 bits per heavy atom. The van der Waals surface area contributed by atoms with Crippen LogP contribution in [0.1, 0.15) is 107 Å². The largest absolute Gasteiger partial charge is 0.394 e. The molecule has 17 nitrogen and oxygen atoms in total. The first kappa shape index (κ1) is 49.2. The molecule has 9 N–H and O–H groups in total. The lowest BCUT2D eigenvalue weighted by atomic mass is 9.35. The first-order valence-electron chi connectivity index (χ1n) is 23.7. The molecule has 4 unspecified atom stereocenters. The monoisotopic (exact) mass is 913 g/mol. The number of carbonyl (C=O) groups excluding carboxylic acids is 1. The molecule has 4 aliphatic heterocycles. The Hall–Kier alpha value is -1.23. The van der Waals surface area contributed by atoms with Crippen LogP contribution in [0.25, 0.3) is 0 Å². The maximum Gasteiger partial charge on any atom is 0.187 e. The molecule has 8 aliphatic rings. The van der Waals surface area contributed by atoms with Gasteiger partial charge < -0.3 is 79.1 Å². The molecule has 4 heterocycles. The minimum atomic E-state index is -1.81. The van der Waals surface area contributed by atoms with Gasteiger partial charge in [0.15, 0.2) is 18.9 Å². The first-order chi connectivity index (χ1) is 29.9. The third kappa shape index (κ3) is 7.90. The van der Waals surface area contributed by atoms with Gasteiger partial charge in [-0.15, -0.1) is 0 Å². The number of ketones is 1. The summed E-state index contributed by atoms with van der Waals surface area (Å²) in [6.07, 6.45) is -14.1. The van der Waals surface area contributed by atoms with Crippen LogP contribution in [0, 0.1) is 45.3 Å². The van der Waals surface area contributed by atoms with Gasteiger partial charge in [0.2, 0.25) is 0 Å². The lowest BCUT2D eigenvalue weighted by molar-refractivity contribution is -0.388. The van der Waals surface area contributed by atoms with Crippen molar-refractivity contribution in [2.24, 2.45) is 45.3 Å². The number of ether oxygens (including phenoxy) is 7. The second kappa shape index (κ2) is 17.6. The van der Waals surface area contributed by atoms with Crippen molar-refractivity contribution in [2.75, 3.05) is 19.8 Å². The SMILES string of the molecule is CC(C)=C[C@H]1C[C@](O)(C2CC[C@]3(C)C2C(=O)CC2[C@@]4(C)CC[C@H](O[C@@H]5OC[C@@H](O)[C@H](O[C@@H]6O[C@H](CO)[C@@H](O)[C@H](O)[C@H]6O)[C@@H]5O[C@@H]5O[C@H](C)[C@@H](O)[C@H](O)[C@@H]5O)C(C)(C)C4CC[C@]23C)CO1. The summed E-state index contributed by atoms with van der Waals surface area (Å²) in [5.41, 5.74) is -1.15. The molecular weight excluding hydrogens is 836 g/mol. The molecule has 24 atom stereocenters. The van der Waals surface area contributed by atoms with Crippen molar-refractivity contribution in [3.8, 4) is 0 Å². The fourth-order valence-corrected chi connectivity index (χ4v) is 14.7. The van der Waals surface area contributed by atoms with E-state index in [1.807, 2.05) is 13.8 Å². The van der Waals surface area contributed by atoms with Crippen LogP contribution in [-0.2, 0) is 38.0 Å². The summed E-state index contributed by atoms with van der Waals surface area (Å²) >= 11 is 0. The van der Waals surface area contributed by atoms with E-state index < -0.39 is 110 Å². The Labute approximate surface area is 376 Å². The zero-order valence-corrected chi connectivity index (χ0v) is 38.7. The van der Waals surface area contributed by atoms with Crippen LogP contribution in [0.15, 0.2) is 11.6 Å². The summed E-state index contributed by atoms with van der Waals surface area (Å²) in [4.78, 5) is 14.8. The number of fused-ring (bicyclic) bond motifs is 5. The third-order valence-electron chi connectivity index (χ3n) is 18.4. The molecular formula is C47H76O17. The molecule has 0 bridgehead atoms. The summed E-state index contributed by atoms with van der Waals surface area (Å²) in [5, 5.41) is 97.5. The van der Waals surface area contributed by atoms with E-state index in [-0.39, 0.29) is 65.0 Å². The van der Waals surface area contributed by atoms with Crippen molar-refractivity contribution in [2.45, 2.75) is 211 Å². The van der Waals surface area contributed by atoms with Crippen LogP contribution in [0.2, 0.25) is 0 Å². The highest BCUT2D eigenvalue weighted by atomic mass is 16.8. The summed E-state index contributed by atoms with van der Waals surface area (Å²) in [6, 6.07) is 0. The zero-order valence-electron chi connectivity index (χ0n) is 38.7. The molecule has 0 aromatic heterocycles. The number of allylic oxidation sites excluding steroid dienone is 1. The Morgan fingerprint density at radius 3 is 2.05 bits per heavy atom. The Kier molecular flexibility index (Phi) is 13.5. The van der Waals surface area contributed by atoms with Crippen molar-refractivity contribution in [1.82, 2.24) is 0 Å². The average molecular weight is 913 g/mol. The van der Waals surface area contributed by atoms with Gasteiger partial charge in [0.05, 0.1) is 43.7 Å². The van der Waals surface area contributed by atoms with Gasteiger partial charge in [-0.05, 0) is 92.8 Å². The molecule has 64 heavy (non-hydrogen) atoms. The lowest BCUT2D eigenvalue weighted by Gasteiger charge is -2.69. The lowest BCUT2D eigenvalue weighted by Crippen LogP contribution is -2.67. The molecule has 4 saturated heterocycles. The van der Waals surface area contributed by atoms with Crippen LogP contribution >= 0.6 is 0 Å². The van der Waals surface area contributed by atoms with Crippen LogP contribution < -0.4 is 0 Å². The number of carbonyl (C=O) groups is 1. The number of hydrogen-bond acceptors (Lipinski definition) is 17. The van der Waals surface area contributed by atoms with E-state index >= 15 is 0 Å². The standard InChI is InChI=1S/C47H76O17/c1-21(2)15-23-17-47(57,20-59-23)24-9-13-46(8)31(24)25(49)16-29-44(6)12-11-30(43(4,5)28(44)10-14-45(29,46)7)62-42-39(64-40-36(55)34(53)32(51)22(3)60-40)38(26(50)19-58-42)63-41-37(56)35(54)33(52)27(18-48)61-41/h15,22-24,26-42,48,50-57H,9-14,16-20H2,1-8H3/t22-,23+,24?,26-,27-,28?,29?,30+,31?,32-,33-,34+,35+,36+,37-,38+,39+,40+,41+,42+,44+,45-,46-,47-/m1/s1.